The van der Waals surface area contributed by atoms with Crippen LogP contribution in [0, 0.1) is 12.1 Å². The van der Waals surface area contributed by atoms with Gasteiger partial charge in [-0.1, -0.05) is 0 Å². The molecule has 52 valence electrons. The van der Waals surface area contributed by atoms with Gasteiger partial charge >= 0.3 is 0 Å². The van der Waals surface area contributed by atoms with Crippen LogP contribution in [0.3, 0.4) is 0 Å². The third-order valence-corrected chi connectivity index (χ3v) is 2.28. The standard InChI is InChI=1S/C7H6FNS/c1-4-2-6-5(9-4)3-7(8)10-6/h2-3,9H,1H3. The van der Waals surface area contributed by atoms with E-state index in [-0.39, 0.29) is 5.13 Å². The number of nitrogens with one attached hydrogen (secondary N) is 1. The largest absolute Gasteiger partial charge is 0.358 e. The van der Waals surface area contributed by atoms with E-state index in [2.05, 4.69) is 4.98 Å². The van der Waals surface area contributed by atoms with Crippen LogP contribution in [0.4, 0.5) is 4.39 Å². The summed E-state index contributed by atoms with van der Waals surface area (Å²) in [6.45, 7) is 1.96. The number of fused-ring (bicyclic) bond motifs is 1. The summed E-state index contributed by atoms with van der Waals surface area (Å²) in [7, 11) is 0. The maximum atomic E-state index is 12.5. The van der Waals surface area contributed by atoms with E-state index in [1.54, 1.807) is 0 Å². The molecule has 0 spiro atoms. The molecule has 0 aliphatic heterocycles. The second kappa shape index (κ2) is 1.83. The van der Waals surface area contributed by atoms with Gasteiger partial charge < -0.3 is 4.98 Å². The van der Waals surface area contributed by atoms with Crippen LogP contribution in [-0.2, 0) is 0 Å². The fourth-order valence-corrected chi connectivity index (χ4v) is 1.87. The number of H-pyrrole nitrogens is 1. The van der Waals surface area contributed by atoms with Crippen LogP contribution < -0.4 is 0 Å². The number of aryl methyl sites for hydroxylation is 1. The van der Waals surface area contributed by atoms with Crippen molar-refractivity contribution in [2.45, 2.75) is 6.92 Å². The number of thiophene rings is 1. The molecule has 0 aliphatic carbocycles. The summed E-state index contributed by atoms with van der Waals surface area (Å²) in [4.78, 5) is 3.05. The molecule has 2 aromatic rings. The Bertz CT molecular complexity index is 297. The number of halogens is 1. The van der Waals surface area contributed by atoms with Crippen molar-refractivity contribution in [2.75, 3.05) is 0 Å². The first-order valence-electron chi connectivity index (χ1n) is 3.00. The lowest BCUT2D eigenvalue weighted by Crippen LogP contribution is -1.64. The van der Waals surface area contributed by atoms with Gasteiger partial charge in [0.2, 0.25) is 0 Å². The Morgan fingerprint density at radius 2 is 2.30 bits per heavy atom. The van der Waals surface area contributed by atoms with Gasteiger partial charge in [0.1, 0.15) is 0 Å². The molecule has 0 atom stereocenters. The zero-order valence-electron chi connectivity index (χ0n) is 5.44. The quantitative estimate of drug-likeness (QED) is 0.602. The summed E-state index contributed by atoms with van der Waals surface area (Å²) >= 11 is 1.18. The third kappa shape index (κ3) is 0.743. The summed E-state index contributed by atoms with van der Waals surface area (Å²) in [5.74, 6) is 0. The first kappa shape index (κ1) is 5.92. The van der Waals surface area contributed by atoms with Crippen LogP contribution in [0.15, 0.2) is 12.1 Å². The van der Waals surface area contributed by atoms with E-state index in [4.69, 9.17) is 0 Å². The van der Waals surface area contributed by atoms with Crippen molar-refractivity contribution >= 4 is 21.6 Å². The Kier molecular flexibility index (Phi) is 1.08. The van der Waals surface area contributed by atoms with Gasteiger partial charge in [0.05, 0.1) is 10.2 Å². The minimum Gasteiger partial charge on any atom is -0.358 e. The van der Waals surface area contributed by atoms with Gasteiger partial charge in [-0.15, -0.1) is 11.3 Å². The van der Waals surface area contributed by atoms with Crippen molar-refractivity contribution in [3.8, 4) is 0 Å². The number of aromatic nitrogens is 1. The average Bonchev–Trinajstić information content (AvgIpc) is 2.21. The lowest BCUT2D eigenvalue weighted by atomic mass is 10.5. The van der Waals surface area contributed by atoms with E-state index in [9.17, 15) is 4.39 Å². The molecule has 0 saturated carbocycles. The second-order valence-electron chi connectivity index (χ2n) is 2.28. The average molecular weight is 155 g/mol. The van der Waals surface area contributed by atoms with Crippen LogP contribution in [-0.4, -0.2) is 4.98 Å². The number of hydrogen-bond acceptors (Lipinski definition) is 1. The molecular weight excluding hydrogens is 149 g/mol. The highest BCUT2D eigenvalue weighted by molar-refractivity contribution is 7.17. The number of hydrogen-bond donors (Lipinski definition) is 1. The predicted molar refractivity (Wildman–Crippen MR) is 40.9 cm³/mol. The van der Waals surface area contributed by atoms with Crippen LogP contribution in [0.5, 0.6) is 0 Å². The fourth-order valence-electron chi connectivity index (χ4n) is 1.02. The Morgan fingerprint density at radius 3 is 3.00 bits per heavy atom. The molecule has 1 N–H and O–H groups in total. The van der Waals surface area contributed by atoms with E-state index in [0.717, 1.165) is 15.9 Å². The summed E-state index contributed by atoms with van der Waals surface area (Å²) in [6, 6.07) is 3.47. The molecular formula is C7H6FNS. The van der Waals surface area contributed by atoms with E-state index in [1.165, 1.54) is 17.4 Å². The number of rotatable bonds is 0. The predicted octanol–water partition coefficient (Wildman–Crippen LogP) is 2.68. The molecule has 1 nitrogen and oxygen atoms in total. The van der Waals surface area contributed by atoms with Gasteiger partial charge in [-0.25, -0.2) is 0 Å². The molecule has 2 heterocycles. The molecule has 0 fully saturated rings. The molecule has 3 heteroatoms. The first-order valence-corrected chi connectivity index (χ1v) is 3.82. The van der Waals surface area contributed by atoms with Gasteiger partial charge in [-0.05, 0) is 13.0 Å². The topological polar surface area (TPSA) is 15.8 Å². The molecule has 0 radical (unpaired) electrons. The minimum atomic E-state index is -0.124. The lowest BCUT2D eigenvalue weighted by molar-refractivity contribution is 0.658. The molecule has 0 aromatic carbocycles. The summed E-state index contributed by atoms with van der Waals surface area (Å²) in [5, 5.41) is -0.124. The van der Waals surface area contributed by atoms with Crippen molar-refractivity contribution in [2.24, 2.45) is 0 Å². The van der Waals surface area contributed by atoms with Gasteiger partial charge in [-0.2, -0.15) is 4.39 Å². The lowest BCUT2D eigenvalue weighted by Gasteiger charge is -1.76. The molecule has 0 aliphatic rings. The van der Waals surface area contributed by atoms with Gasteiger partial charge in [0.25, 0.3) is 0 Å². The van der Waals surface area contributed by atoms with Crippen LogP contribution in [0.1, 0.15) is 5.69 Å². The molecule has 0 saturated heterocycles. The van der Waals surface area contributed by atoms with E-state index in [0.29, 0.717) is 0 Å². The molecule has 2 aromatic heterocycles. The van der Waals surface area contributed by atoms with Gasteiger partial charge in [-0.3, -0.25) is 0 Å². The van der Waals surface area contributed by atoms with Crippen molar-refractivity contribution in [1.29, 1.82) is 0 Å². The minimum absolute atomic E-state index is 0.124. The molecule has 2 rings (SSSR count). The third-order valence-electron chi connectivity index (χ3n) is 1.41. The highest BCUT2D eigenvalue weighted by Crippen LogP contribution is 2.24. The van der Waals surface area contributed by atoms with Crippen LogP contribution in [0.2, 0.25) is 0 Å². The molecule has 10 heavy (non-hydrogen) atoms. The SMILES string of the molecule is Cc1cc2sc(F)cc2[nH]1. The Hall–Kier alpha value is -0.830. The molecule has 0 unspecified atom stereocenters. The van der Waals surface area contributed by atoms with Crippen molar-refractivity contribution in [3.63, 3.8) is 0 Å². The highest BCUT2D eigenvalue weighted by Gasteiger charge is 2.01. The van der Waals surface area contributed by atoms with Gasteiger partial charge in [0.15, 0.2) is 5.13 Å². The van der Waals surface area contributed by atoms with E-state index < -0.39 is 0 Å². The monoisotopic (exact) mass is 155 g/mol. The maximum Gasteiger partial charge on any atom is 0.179 e. The Balaban J connectivity index is 2.83. The zero-order valence-corrected chi connectivity index (χ0v) is 6.26. The van der Waals surface area contributed by atoms with Crippen molar-refractivity contribution in [1.82, 2.24) is 4.98 Å². The van der Waals surface area contributed by atoms with Gasteiger partial charge in [0, 0.05) is 11.8 Å². The maximum absolute atomic E-state index is 12.5. The van der Waals surface area contributed by atoms with Crippen LogP contribution in [0.25, 0.3) is 10.2 Å². The van der Waals surface area contributed by atoms with E-state index in [1.807, 2.05) is 13.0 Å². The molecule has 0 amide bonds. The first-order chi connectivity index (χ1) is 4.75. The summed E-state index contributed by atoms with van der Waals surface area (Å²) in [6.07, 6.45) is 0. The normalized spacial score (nSPS) is 11.0. The van der Waals surface area contributed by atoms with E-state index >= 15 is 0 Å². The summed E-state index contributed by atoms with van der Waals surface area (Å²) < 4.78 is 13.5. The van der Waals surface area contributed by atoms with Crippen molar-refractivity contribution < 1.29 is 4.39 Å². The van der Waals surface area contributed by atoms with Crippen molar-refractivity contribution in [3.05, 3.63) is 23.0 Å². The van der Waals surface area contributed by atoms with Crippen LogP contribution >= 0.6 is 11.3 Å². The molecule has 0 bridgehead atoms. The second-order valence-corrected chi connectivity index (χ2v) is 3.31. The Labute approximate surface area is 61.5 Å². The summed E-state index contributed by atoms with van der Waals surface area (Å²) in [5.41, 5.74) is 1.99. The number of aromatic amines is 1. The zero-order chi connectivity index (χ0) is 7.14. The fraction of sp³-hybridized carbons (Fsp3) is 0.143. The highest BCUT2D eigenvalue weighted by atomic mass is 32.1. The smallest absolute Gasteiger partial charge is 0.179 e. The Morgan fingerprint density at radius 1 is 1.50 bits per heavy atom.